The Balaban J connectivity index is 1.07. The Labute approximate surface area is 241 Å². The van der Waals surface area contributed by atoms with Crippen LogP contribution >= 0.6 is 0 Å². The standard InChI is InChI=1S/C36H50F2O2/c1-3-5-6-7-25-8-11-27(12-9-25)28-14-16-29(17-15-28)31-19-18-30-22-26(10-13-32(30)23-31)24-40-34-21-20-33(39-4-2)35(37)36(34)38/h14-17,20-21,25-27,30-32H,3-13,18-19,22-24H2,1-2H3. The molecule has 3 aliphatic rings. The number of rotatable bonds is 11. The topological polar surface area (TPSA) is 18.5 Å². The van der Waals surface area contributed by atoms with Crippen molar-refractivity contribution in [1.82, 2.24) is 0 Å². The zero-order valence-corrected chi connectivity index (χ0v) is 24.8. The van der Waals surface area contributed by atoms with E-state index >= 15 is 0 Å². The third-order valence-corrected chi connectivity index (χ3v) is 10.4. The van der Waals surface area contributed by atoms with Gasteiger partial charge < -0.3 is 9.47 Å². The first-order valence-corrected chi connectivity index (χ1v) is 16.4. The minimum absolute atomic E-state index is 0.00440. The summed E-state index contributed by atoms with van der Waals surface area (Å²) < 4.78 is 39.6. The van der Waals surface area contributed by atoms with Crippen molar-refractivity contribution in [2.24, 2.45) is 23.7 Å². The first kappa shape index (κ1) is 29.4. The molecule has 3 aliphatic carbocycles. The fraction of sp³-hybridized carbons (Fsp3) is 0.667. The molecular formula is C36H50F2O2. The van der Waals surface area contributed by atoms with Gasteiger partial charge in [-0.2, -0.15) is 8.78 Å². The number of unbranched alkanes of at least 4 members (excludes halogenated alkanes) is 2. The molecule has 0 saturated heterocycles. The number of benzene rings is 2. The van der Waals surface area contributed by atoms with Gasteiger partial charge in [-0.25, -0.2) is 0 Å². The van der Waals surface area contributed by atoms with Crippen LogP contribution in [0.15, 0.2) is 36.4 Å². The molecule has 2 aromatic carbocycles. The van der Waals surface area contributed by atoms with Crippen LogP contribution in [0.5, 0.6) is 11.5 Å². The van der Waals surface area contributed by atoms with Gasteiger partial charge in [0.05, 0.1) is 13.2 Å². The van der Waals surface area contributed by atoms with E-state index in [1.165, 1.54) is 94.7 Å². The first-order chi connectivity index (χ1) is 19.6. The molecule has 0 radical (unpaired) electrons. The molecule has 0 aromatic heterocycles. The molecule has 2 nitrogen and oxygen atoms in total. The lowest BCUT2D eigenvalue weighted by atomic mass is 9.64. The van der Waals surface area contributed by atoms with Crippen LogP contribution in [0.25, 0.3) is 0 Å². The van der Waals surface area contributed by atoms with Crippen LogP contribution < -0.4 is 9.47 Å². The van der Waals surface area contributed by atoms with Gasteiger partial charge in [-0.05, 0) is 130 Å². The lowest BCUT2D eigenvalue weighted by molar-refractivity contribution is 0.0901. The Morgan fingerprint density at radius 3 is 1.88 bits per heavy atom. The van der Waals surface area contributed by atoms with Crippen LogP contribution in [0.4, 0.5) is 8.78 Å². The molecule has 5 rings (SSSR count). The molecule has 4 heteroatoms. The number of fused-ring (bicyclic) bond motifs is 1. The van der Waals surface area contributed by atoms with Crippen molar-refractivity contribution in [2.45, 2.75) is 116 Å². The maximum absolute atomic E-state index is 14.4. The van der Waals surface area contributed by atoms with Crippen molar-refractivity contribution in [3.05, 3.63) is 59.2 Å². The minimum atomic E-state index is -0.959. The van der Waals surface area contributed by atoms with Crippen molar-refractivity contribution in [3.8, 4) is 11.5 Å². The van der Waals surface area contributed by atoms with Crippen molar-refractivity contribution in [3.63, 3.8) is 0 Å². The predicted molar refractivity (Wildman–Crippen MR) is 159 cm³/mol. The van der Waals surface area contributed by atoms with E-state index in [2.05, 4.69) is 31.2 Å². The largest absolute Gasteiger partial charge is 0.491 e. The van der Waals surface area contributed by atoms with Crippen LogP contribution in [-0.2, 0) is 0 Å². The second-order valence-electron chi connectivity index (χ2n) is 13.0. The fourth-order valence-corrected chi connectivity index (χ4v) is 8.05. The van der Waals surface area contributed by atoms with Crippen molar-refractivity contribution in [1.29, 1.82) is 0 Å². The molecule has 0 bridgehead atoms. The van der Waals surface area contributed by atoms with E-state index in [4.69, 9.17) is 9.47 Å². The Kier molecular flexibility index (Phi) is 10.4. The molecule has 3 fully saturated rings. The van der Waals surface area contributed by atoms with Gasteiger partial charge in [0.2, 0.25) is 11.6 Å². The van der Waals surface area contributed by atoms with E-state index in [9.17, 15) is 8.78 Å². The van der Waals surface area contributed by atoms with Crippen LogP contribution in [0.3, 0.4) is 0 Å². The number of halogens is 2. The zero-order chi connectivity index (χ0) is 27.9. The van der Waals surface area contributed by atoms with Crippen molar-refractivity contribution < 1.29 is 18.3 Å². The SMILES string of the molecule is CCCCCC1CCC(c2ccc(C3CCC4CC(COc5ccc(OCC)c(F)c5F)CCC4C3)cc2)CC1. The summed E-state index contributed by atoms with van der Waals surface area (Å²) in [5.41, 5.74) is 3.10. The Morgan fingerprint density at radius 1 is 0.625 bits per heavy atom. The van der Waals surface area contributed by atoms with Gasteiger partial charge in [0.1, 0.15) is 0 Å². The highest BCUT2D eigenvalue weighted by Crippen LogP contribution is 2.48. The van der Waals surface area contributed by atoms with E-state index in [1.54, 1.807) is 12.5 Å². The van der Waals surface area contributed by atoms with Gasteiger partial charge in [0.25, 0.3) is 0 Å². The van der Waals surface area contributed by atoms with E-state index in [0.29, 0.717) is 25.0 Å². The highest BCUT2D eigenvalue weighted by molar-refractivity contribution is 5.35. The quantitative estimate of drug-likeness (QED) is 0.258. The molecule has 3 saturated carbocycles. The third-order valence-electron chi connectivity index (χ3n) is 10.4. The Hall–Kier alpha value is -2.10. The number of hydrogen-bond donors (Lipinski definition) is 0. The highest BCUT2D eigenvalue weighted by Gasteiger charge is 2.36. The maximum atomic E-state index is 14.4. The Morgan fingerprint density at radius 2 is 1.20 bits per heavy atom. The smallest absolute Gasteiger partial charge is 0.204 e. The highest BCUT2D eigenvalue weighted by atomic mass is 19.2. The Bertz CT molecular complexity index is 1060. The molecule has 4 unspecified atom stereocenters. The molecule has 0 aliphatic heterocycles. The van der Waals surface area contributed by atoms with E-state index < -0.39 is 11.6 Å². The molecule has 4 atom stereocenters. The zero-order valence-electron chi connectivity index (χ0n) is 24.8. The monoisotopic (exact) mass is 552 g/mol. The molecule has 0 spiro atoms. The van der Waals surface area contributed by atoms with Gasteiger partial charge in [-0.3, -0.25) is 0 Å². The van der Waals surface area contributed by atoms with Gasteiger partial charge in [-0.15, -0.1) is 0 Å². The summed E-state index contributed by atoms with van der Waals surface area (Å²) in [7, 11) is 0. The van der Waals surface area contributed by atoms with Crippen molar-refractivity contribution in [2.75, 3.05) is 13.2 Å². The van der Waals surface area contributed by atoms with Crippen LogP contribution in [0.2, 0.25) is 0 Å². The van der Waals surface area contributed by atoms with Gasteiger partial charge in [-0.1, -0.05) is 56.9 Å². The molecule has 0 N–H and O–H groups in total. The predicted octanol–water partition coefficient (Wildman–Crippen LogP) is 10.6. The summed E-state index contributed by atoms with van der Waals surface area (Å²) in [5.74, 6) is 2.36. The third kappa shape index (κ3) is 7.21. The number of hydrogen-bond acceptors (Lipinski definition) is 2. The average molecular weight is 553 g/mol. The first-order valence-electron chi connectivity index (χ1n) is 16.4. The summed E-state index contributed by atoms with van der Waals surface area (Å²) in [6, 6.07) is 12.7. The molecular weight excluding hydrogens is 502 g/mol. The number of ether oxygens (including phenoxy) is 2. The summed E-state index contributed by atoms with van der Waals surface area (Å²) in [4.78, 5) is 0. The summed E-state index contributed by atoms with van der Waals surface area (Å²) in [6.45, 7) is 4.81. The van der Waals surface area contributed by atoms with E-state index in [0.717, 1.165) is 36.5 Å². The van der Waals surface area contributed by atoms with E-state index in [-0.39, 0.29) is 11.5 Å². The summed E-state index contributed by atoms with van der Waals surface area (Å²) in [5, 5.41) is 0. The lowest BCUT2D eigenvalue weighted by Gasteiger charge is -2.42. The second-order valence-corrected chi connectivity index (χ2v) is 13.0. The normalized spacial score (nSPS) is 28.6. The summed E-state index contributed by atoms with van der Waals surface area (Å²) in [6.07, 6.45) is 18.4. The lowest BCUT2D eigenvalue weighted by Crippen LogP contribution is -2.32. The second kappa shape index (κ2) is 14.2. The van der Waals surface area contributed by atoms with Gasteiger partial charge >= 0.3 is 0 Å². The molecule has 220 valence electrons. The fourth-order valence-electron chi connectivity index (χ4n) is 8.05. The van der Waals surface area contributed by atoms with Crippen molar-refractivity contribution >= 4 is 0 Å². The van der Waals surface area contributed by atoms with E-state index in [1.807, 2.05) is 0 Å². The van der Waals surface area contributed by atoms with Gasteiger partial charge in [0, 0.05) is 0 Å². The van der Waals surface area contributed by atoms with Crippen LogP contribution in [0.1, 0.15) is 127 Å². The average Bonchev–Trinajstić information content (AvgIpc) is 2.99. The van der Waals surface area contributed by atoms with Gasteiger partial charge in [0.15, 0.2) is 11.5 Å². The van der Waals surface area contributed by atoms with Crippen LogP contribution in [-0.4, -0.2) is 13.2 Å². The molecule has 2 aromatic rings. The maximum Gasteiger partial charge on any atom is 0.204 e. The molecule has 0 heterocycles. The molecule has 0 amide bonds. The summed E-state index contributed by atoms with van der Waals surface area (Å²) >= 11 is 0. The molecule has 40 heavy (non-hydrogen) atoms. The minimum Gasteiger partial charge on any atom is -0.491 e. The van der Waals surface area contributed by atoms with Crippen LogP contribution in [0, 0.1) is 35.3 Å².